The van der Waals surface area contributed by atoms with Gasteiger partial charge < -0.3 is 15.0 Å². The molecule has 0 spiro atoms. The minimum Gasteiger partial charge on any atom is -0.449 e. The zero-order chi connectivity index (χ0) is 27.9. The van der Waals surface area contributed by atoms with Crippen molar-refractivity contribution in [1.29, 1.82) is 0 Å². The van der Waals surface area contributed by atoms with E-state index in [0.717, 1.165) is 17.7 Å². The first-order valence-electron chi connectivity index (χ1n) is 12.7. The van der Waals surface area contributed by atoms with E-state index in [9.17, 15) is 18.0 Å². The number of hydrogen-bond donors (Lipinski definition) is 2. The van der Waals surface area contributed by atoms with Crippen LogP contribution < -0.4 is 14.9 Å². The van der Waals surface area contributed by atoms with Gasteiger partial charge in [0, 0.05) is 19.1 Å². The summed E-state index contributed by atoms with van der Waals surface area (Å²) in [7, 11) is -2.56. The summed E-state index contributed by atoms with van der Waals surface area (Å²) in [6, 6.07) is 8.73. The lowest BCUT2D eigenvalue weighted by Gasteiger charge is -2.25. The Bertz CT molecular complexity index is 1550. The minimum atomic E-state index is -3.90. The summed E-state index contributed by atoms with van der Waals surface area (Å²) < 4.78 is 33.5. The van der Waals surface area contributed by atoms with Gasteiger partial charge in [-0.1, -0.05) is 24.3 Å². The molecule has 13 heteroatoms. The van der Waals surface area contributed by atoms with Crippen molar-refractivity contribution in [3.05, 3.63) is 47.2 Å². The standard InChI is InChI=1S/C26H30N6O5S2/c1-5-15(2)32-14-18-12-17(13-19(22(18)24(32)33)39(35,36)27-4)23-16(3)28-25(38-23)30-20-8-6-9-21(29-20)31-10-7-11-37-26(31)34/h6,8-9,12-13,15,27H,5,7,10-11,14H2,1-4H3,(H,28,29,30). The van der Waals surface area contributed by atoms with Gasteiger partial charge in [0.1, 0.15) is 11.6 Å². The highest BCUT2D eigenvalue weighted by Crippen LogP contribution is 2.39. The topological polar surface area (TPSA) is 134 Å². The van der Waals surface area contributed by atoms with E-state index in [1.165, 1.54) is 23.3 Å². The quantitative estimate of drug-likeness (QED) is 0.410. The van der Waals surface area contributed by atoms with E-state index in [-0.39, 0.29) is 22.4 Å². The Morgan fingerprint density at radius 1 is 1.21 bits per heavy atom. The molecule has 39 heavy (non-hydrogen) atoms. The summed E-state index contributed by atoms with van der Waals surface area (Å²) in [6.45, 7) is 7.08. The molecule has 206 valence electrons. The molecule has 0 radical (unpaired) electrons. The highest BCUT2D eigenvalue weighted by molar-refractivity contribution is 7.89. The number of hydrogen-bond acceptors (Lipinski definition) is 9. The van der Waals surface area contributed by atoms with Crippen molar-refractivity contribution in [3.63, 3.8) is 0 Å². The Hall–Kier alpha value is -3.55. The van der Waals surface area contributed by atoms with Crippen molar-refractivity contribution < 1.29 is 22.7 Å². The van der Waals surface area contributed by atoms with Crippen molar-refractivity contribution in [2.45, 2.75) is 51.1 Å². The third-order valence-corrected chi connectivity index (χ3v) is 9.52. The van der Waals surface area contributed by atoms with Crippen LogP contribution >= 0.6 is 11.3 Å². The van der Waals surface area contributed by atoms with Gasteiger partial charge in [0.25, 0.3) is 5.91 Å². The number of sulfonamides is 1. The zero-order valence-electron chi connectivity index (χ0n) is 22.1. The molecule has 2 aliphatic heterocycles. The Labute approximate surface area is 231 Å². The summed E-state index contributed by atoms with van der Waals surface area (Å²) in [5.74, 6) is 0.717. The molecular formula is C26H30N6O5S2. The van der Waals surface area contributed by atoms with Gasteiger partial charge in [-0.05, 0) is 69.1 Å². The van der Waals surface area contributed by atoms with Crippen LogP contribution in [0.15, 0.2) is 35.2 Å². The Morgan fingerprint density at radius 2 is 2.00 bits per heavy atom. The van der Waals surface area contributed by atoms with Gasteiger partial charge >= 0.3 is 6.09 Å². The number of amides is 2. The predicted octanol–water partition coefficient (Wildman–Crippen LogP) is 4.27. The molecule has 2 N–H and O–H groups in total. The Balaban J connectivity index is 1.49. The fourth-order valence-corrected chi connectivity index (χ4v) is 6.65. The molecule has 3 aromatic rings. The Kier molecular flexibility index (Phi) is 7.31. The number of nitrogens with zero attached hydrogens (tertiary/aromatic N) is 4. The summed E-state index contributed by atoms with van der Waals surface area (Å²) >= 11 is 1.35. The van der Waals surface area contributed by atoms with Crippen molar-refractivity contribution in [2.24, 2.45) is 0 Å². The number of cyclic esters (lactones) is 1. The number of nitrogens with one attached hydrogen (secondary N) is 2. The fraction of sp³-hybridized carbons (Fsp3) is 0.385. The number of thiazole rings is 1. The van der Waals surface area contributed by atoms with E-state index in [4.69, 9.17) is 4.74 Å². The van der Waals surface area contributed by atoms with Crippen molar-refractivity contribution in [3.8, 4) is 10.4 Å². The number of anilines is 3. The summed E-state index contributed by atoms with van der Waals surface area (Å²) in [5, 5.41) is 3.76. The normalized spacial score (nSPS) is 16.3. The average molecular weight is 571 g/mol. The van der Waals surface area contributed by atoms with Crippen LogP contribution in [0.4, 0.5) is 21.6 Å². The lowest BCUT2D eigenvalue weighted by molar-refractivity contribution is 0.0710. The van der Waals surface area contributed by atoms with Crippen LogP contribution in [-0.4, -0.2) is 61.5 Å². The largest absolute Gasteiger partial charge is 0.449 e. The summed E-state index contributed by atoms with van der Waals surface area (Å²) in [6.07, 6.45) is 1.07. The maximum atomic E-state index is 13.2. The molecule has 0 saturated carbocycles. The number of rotatable bonds is 8. The van der Waals surface area contributed by atoms with Crippen LogP contribution in [0.25, 0.3) is 10.4 Å². The van der Waals surface area contributed by atoms with E-state index in [2.05, 4.69) is 20.0 Å². The number of fused-ring (bicyclic) bond motifs is 1. The molecule has 1 unspecified atom stereocenters. The van der Waals surface area contributed by atoms with Crippen molar-refractivity contribution in [1.82, 2.24) is 19.6 Å². The molecule has 0 aliphatic carbocycles. The molecular weight excluding hydrogens is 540 g/mol. The highest BCUT2D eigenvalue weighted by atomic mass is 32.2. The lowest BCUT2D eigenvalue weighted by atomic mass is 10.0. The van der Waals surface area contributed by atoms with Crippen LogP contribution in [0.5, 0.6) is 0 Å². The van der Waals surface area contributed by atoms with Gasteiger partial charge in [-0.2, -0.15) is 0 Å². The second-order valence-corrected chi connectivity index (χ2v) is 12.3. The first kappa shape index (κ1) is 27.0. The first-order chi connectivity index (χ1) is 18.6. The number of carbonyl (C=O) groups is 2. The molecule has 1 aromatic carbocycles. The van der Waals surface area contributed by atoms with E-state index >= 15 is 0 Å². The molecule has 11 nitrogen and oxygen atoms in total. The van der Waals surface area contributed by atoms with E-state index in [0.29, 0.717) is 53.3 Å². The summed E-state index contributed by atoms with van der Waals surface area (Å²) in [4.78, 5) is 38.5. The maximum Gasteiger partial charge on any atom is 0.415 e. The van der Waals surface area contributed by atoms with Gasteiger partial charge in [-0.25, -0.2) is 27.9 Å². The second-order valence-electron chi connectivity index (χ2n) is 9.47. The molecule has 1 saturated heterocycles. The van der Waals surface area contributed by atoms with Gasteiger partial charge in [0.15, 0.2) is 5.13 Å². The van der Waals surface area contributed by atoms with Crippen molar-refractivity contribution >= 4 is 50.1 Å². The van der Waals surface area contributed by atoms with Gasteiger partial charge in [-0.3, -0.25) is 9.69 Å². The molecule has 2 aromatic heterocycles. The zero-order valence-corrected chi connectivity index (χ0v) is 23.8. The van der Waals surface area contributed by atoms with Crippen LogP contribution in [0.2, 0.25) is 0 Å². The van der Waals surface area contributed by atoms with E-state index < -0.39 is 16.1 Å². The number of benzene rings is 1. The van der Waals surface area contributed by atoms with Gasteiger partial charge in [0.2, 0.25) is 10.0 Å². The number of aromatic nitrogens is 2. The average Bonchev–Trinajstić information content (AvgIpc) is 3.46. The third-order valence-electron chi connectivity index (χ3n) is 6.96. The highest BCUT2D eigenvalue weighted by Gasteiger charge is 2.36. The number of aryl methyl sites for hydroxylation is 1. The van der Waals surface area contributed by atoms with Gasteiger partial charge in [-0.15, -0.1) is 0 Å². The summed E-state index contributed by atoms with van der Waals surface area (Å²) in [5.41, 5.74) is 2.28. The van der Waals surface area contributed by atoms with Crippen LogP contribution in [-0.2, 0) is 21.3 Å². The molecule has 2 amide bonds. The maximum absolute atomic E-state index is 13.2. The SMILES string of the molecule is CCC(C)N1Cc2cc(-c3sc(Nc4cccc(N5CCCOC5=O)n4)nc3C)cc(S(=O)(=O)NC)c2C1=O. The van der Waals surface area contributed by atoms with Crippen LogP contribution in [0.1, 0.15) is 48.3 Å². The molecule has 1 atom stereocenters. The fourth-order valence-electron chi connectivity index (χ4n) is 4.70. The minimum absolute atomic E-state index is 0.0190. The molecule has 1 fully saturated rings. The third kappa shape index (κ3) is 5.09. The molecule has 4 heterocycles. The van der Waals surface area contributed by atoms with Gasteiger partial charge in [0.05, 0.1) is 27.6 Å². The molecule has 5 rings (SSSR count). The van der Waals surface area contributed by atoms with Crippen molar-refractivity contribution in [2.75, 3.05) is 30.4 Å². The lowest BCUT2D eigenvalue weighted by Crippen LogP contribution is -2.38. The predicted molar refractivity (Wildman–Crippen MR) is 149 cm³/mol. The molecule has 0 bridgehead atoms. The number of ether oxygens (including phenoxy) is 1. The van der Waals surface area contributed by atoms with Crippen LogP contribution in [0, 0.1) is 6.92 Å². The number of pyridine rings is 1. The van der Waals surface area contributed by atoms with Crippen LogP contribution in [0.3, 0.4) is 0 Å². The first-order valence-corrected chi connectivity index (χ1v) is 15.0. The monoisotopic (exact) mass is 570 g/mol. The second kappa shape index (κ2) is 10.5. The Morgan fingerprint density at radius 3 is 2.72 bits per heavy atom. The molecule has 2 aliphatic rings. The van der Waals surface area contributed by atoms with E-state index in [1.54, 1.807) is 29.2 Å². The van der Waals surface area contributed by atoms with E-state index in [1.807, 2.05) is 26.8 Å². The smallest absolute Gasteiger partial charge is 0.415 e. The number of carbonyl (C=O) groups excluding carboxylic acids is 2.